The molecule has 2 heterocycles. The summed E-state index contributed by atoms with van der Waals surface area (Å²) in [5.41, 5.74) is 7.06. The van der Waals surface area contributed by atoms with Crippen LogP contribution in [0.4, 0.5) is 5.82 Å². The summed E-state index contributed by atoms with van der Waals surface area (Å²) in [6.07, 6.45) is 4.03. The van der Waals surface area contributed by atoms with Crippen molar-refractivity contribution in [2.24, 2.45) is 0 Å². The fourth-order valence-electron chi connectivity index (χ4n) is 1.87. The SMILES string of the molecule is CC1(c2ccc(N)nc2)CCOCC1. The third-order valence-electron chi connectivity index (χ3n) is 3.08. The van der Waals surface area contributed by atoms with Gasteiger partial charge in [-0.15, -0.1) is 0 Å². The summed E-state index contributed by atoms with van der Waals surface area (Å²) >= 11 is 0. The first-order valence-corrected chi connectivity index (χ1v) is 5.00. The van der Waals surface area contributed by atoms with E-state index in [4.69, 9.17) is 10.5 Å². The number of rotatable bonds is 1. The van der Waals surface area contributed by atoms with Crippen molar-refractivity contribution in [1.82, 2.24) is 4.98 Å². The molecule has 1 saturated heterocycles. The Bertz CT molecular complexity index is 302. The van der Waals surface area contributed by atoms with Crippen LogP contribution in [0, 0.1) is 0 Å². The van der Waals surface area contributed by atoms with Crippen molar-refractivity contribution in [3.05, 3.63) is 23.9 Å². The van der Waals surface area contributed by atoms with Crippen molar-refractivity contribution >= 4 is 5.82 Å². The van der Waals surface area contributed by atoms with Gasteiger partial charge in [0.1, 0.15) is 5.82 Å². The van der Waals surface area contributed by atoms with E-state index in [1.165, 1.54) is 5.56 Å². The molecule has 2 rings (SSSR count). The zero-order chi connectivity index (χ0) is 10.0. The number of nitrogens with two attached hydrogens (primary N) is 1. The molecular formula is C11H16N2O. The molecule has 1 aliphatic rings. The molecule has 1 aromatic rings. The number of aromatic nitrogens is 1. The fraction of sp³-hybridized carbons (Fsp3) is 0.545. The van der Waals surface area contributed by atoms with Gasteiger partial charge in [-0.3, -0.25) is 0 Å². The van der Waals surface area contributed by atoms with Crippen molar-refractivity contribution in [1.29, 1.82) is 0 Å². The molecule has 14 heavy (non-hydrogen) atoms. The van der Waals surface area contributed by atoms with E-state index >= 15 is 0 Å². The Hall–Kier alpha value is -1.09. The average molecular weight is 192 g/mol. The largest absolute Gasteiger partial charge is 0.384 e. The van der Waals surface area contributed by atoms with Crippen LogP contribution >= 0.6 is 0 Å². The van der Waals surface area contributed by atoms with Crippen LogP contribution in [0.5, 0.6) is 0 Å². The van der Waals surface area contributed by atoms with Gasteiger partial charge in [0, 0.05) is 19.4 Å². The molecule has 0 spiro atoms. The van der Waals surface area contributed by atoms with E-state index in [2.05, 4.69) is 18.0 Å². The summed E-state index contributed by atoms with van der Waals surface area (Å²) in [6, 6.07) is 3.95. The second-order valence-corrected chi connectivity index (χ2v) is 4.14. The van der Waals surface area contributed by atoms with Crippen LogP contribution in [0.2, 0.25) is 0 Å². The molecule has 1 aromatic heterocycles. The van der Waals surface area contributed by atoms with Gasteiger partial charge < -0.3 is 10.5 Å². The van der Waals surface area contributed by atoms with Crippen molar-refractivity contribution in [3.8, 4) is 0 Å². The third-order valence-corrected chi connectivity index (χ3v) is 3.08. The highest BCUT2D eigenvalue weighted by molar-refractivity contribution is 5.32. The molecule has 76 valence electrons. The highest BCUT2D eigenvalue weighted by Gasteiger charge is 2.29. The lowest BCUT2D eigenvalue weighted by atomic mass is 9.77. The van der Waals surface area contributed by atoms with Crippen LogP contribution in [-0.4, -0.2) is 18.2 Å². The van der Waals surface area contributed by atoms with E-state index in [0.29, 0.717) is 5.82 Å². The quantitative estimate of drug-likeness (QED) is 0.737. The average Bonchev–Trinajstić information content (AvgIpc) is 2.19. The number of hydrogen-bond donors (Lipinski definition) is 1. The minimum atomic E-state index is 0.221. The Morgan fingerprint density at radius 2 is 2.07 bits per heavy atom. The van der Waals surface area contributed by atoms with Crippen LogP contribution < -0.4 is 5.73 Å². The maximum atomic E-state index is 5.56. The van der Waals surface area contributed by atoms with Crippen molar-refractivity contribution in [2.45, 2.75) is 25.2 Å². The molecule has 0 aromatic carbocycles. The molecule has 3 heteroatoms. The minimum Gasteiger partial charge on any atom is -0.384 e. The maximum Gasteiger partial charge on any atom is 0.123 e. The molecule has 1 fully saturated rings. The number of pyridine rings is 1. The predicted octanol–water partition coefficient (Wildman–Crippen LogP) is 1.73. The van der Waals surface area contributed by atoms with Gasteiger partial charge in [-0.2, -0.15) is 0 Å². The van der Waals surface area contributed by atoms with Crippen LogP contribution in [0.25, 0.3) is 0 Å². The molecule has 0 radical (unpaired) electrons. The smallest absolute Gasteiger partial charge is 0.123 e. The first-order chi connectivity index (χ1) is 6.71. The number of nitrogen functional groups attached to an aromatic ring is 1. The van der Waals surface area contributed by atoms with Gasteiger partial charge in [-0.05, 0) is 29.9 Å². The van der Waals surface area contributed by atoms with Crippen molar-refractivity contribution in [3.63, 3.8) is 0 Å². The van der Waals surface area contributed by atoms with E-state index in [1.54, 1.807) is 0 Å². The molecule has 2 N–H and O–H groups in total. The topological polar surface area (TPSA) is 48.1 Å². The highest BCUT2D eigenvalue weighted by atomic mass is 16.5. The summed E-state index contributed by atoms with van der Waals surface area (Å²) in [5, 5.41) is 0. The van der Waals surface area contributed by atoms with Gasteiger partial charge in [0.15, 0.2) is 0 Å². The van der Waals surface area contributed by atoms with E-state index in [9.17, 15) is 0 Å². The molecule has 3 nitrogen and oxygen atoms in total. The molecule has 0 aliphatic carbocycles. The van der Waals surface area contributed by atoms with Gasteiger partial charge in [-0.25, -0.2) is 4.98 Å². The summed E-state index contributed by atoms with van der Waals surface area (Å²) in [6.45, 7) is 3.96. The van der Waals surface area contributed by atoms with E-state index in [0.717, 1.165) is 26.1 Å². The molecule has 0 unspecified atom stereocenters. The zero-order valence-corrected chi connectivity index (χ0v) is 8.49. The molecule has 0 amide bonds. The summed E-state index contributed by atoms with van der Waals surface area (Å²) < 4.78 is 5.37. The Kier molecular flexibility index (Phi) is 2.42. The normalized spacial score (nSPS) is 20.6. The lowest BCUT2D eigenvalue weighted by molar-refractivity contribution is 0.0563. The Morgan fingerprint density at radius 3 is 2.64 bits per heavy atom. The lowest BCUT2D eigenvalue weighted by Crippen LogP contribution is -2.30. The minimum absolute atomic E-state index is 0.221. The molecular weight excluding hydrogens is 176 g/mol. The molecule has 0 saturated carbocycles. The fourth-order valence-corrected chi connectivity index (χ4v) is 1.87. The maximum absolute atomic E-state index is 5.56. The van der Waals surface area contributed by atoms with Crippen LogP contribution in [0.3, 0.4) is 0 Å². The number of hydrogen-bond acceptors (Lipinski definition) is 3. The Labute approximate surface area is 84.3 Å². The van der Waals surface area contributed by atoms with Crippen molar-refractivity contribution in [2.75, 3.05) is 18.9 Å². The van der Waals surface area contributed by atoms with E-state index in [1.807, 2.05) is 12.3 Å². The monoisotopic (exact) mass is 192 g/mol. The number of ether oxygens (including phenoxy) is 1. The molecule has 0 atom stereocenters. The Balaban J connectivity index is 2.23. The van der Waals surface area contributed by atoms with Gasteiger partial charge in [-0.1, -0.05) is 13.0 Å². The number of nitrogens with zero attached hydrogens (tertiary/aromatic N) is 1. The third kappa shape index (κ3) is 1.73. The first kappa shape index (κ1) is 9.46. The van der Waals surface area contributed by atoms with Crippen LogP contribution in [0.1, 0.15) is 25.3 Å². The molecule has 1 aliphatic heterocycles. The van der Waals surface area contributed by atoms with Gasteiger partial charge >= 0.3 is 0 Å². The summed E-state index contributed by atoms with van der Waals surface area (Å²) in [5.74, 6) is 0.587. The van der Waals surface area contributed by atoms with Gasteiger partial charge in [0.25, 0.3) is 0 Å². The zero-order valence-electron chi connectivity index (χ0n) is 8.49. The van der Waals surface area contributed by atoms with Crippen LogP contribution in [0.15, 0.2) is 18.3 Å². The highest BCUT2D eigenvalue weighted by Crippen LogP contribution is 2.33. The molecule has 0 bridgehead atoms. The van der Waals surface area contributed by atoms with Crippen LogP contribution in [-0.2, 0) is 10.2 Å². The van der Waals surface area contributed by atoms with Gasteiger partial charge in [0.05, 0.1) is 0 Å². The standard InChI is InChI=1S/C11H16N2O/c1-11(4-6-14-7-5-11)9-2-3-10(12)13-8-9/h2-3,8H,4-7H2,1H3,(H2,12,13). The second-order valence-electron chi connectivity index (χ2n) is 4.14. The summed E-state index contributed by atoms with van der Waals surface area (Å²) in [4.78, 5) is 4.14. The second kappa shape index (κ2) is 3.58. The van der Waals surface area contributed by atoms with Crippen molar-refractivity contribution < 1.29 is 4.74 Å². The summed E-state index contributed by atoms with van der Waals surface area (Å²) in [7, 11) is 0. The number of anilines is 1. The predicted molar refractivity (Wildman–Crippen MR) is 56.1 cm³/mol. The lowest BCUT2D eigenvalue weighted by Gasteiger charge is -2.33. The van der Waals surface area contributed by atoms with Gasteiger partial charge in [0.2, 0.25) is 0 Å². The Morgan fingerprint density at radius 1 is 1.36 bits per heavy atom. The first-order valence-electron chi connectivity index (χ1n) is 5.00. The van der Waals surface area contributed by atoms with E-state index in [-0.39, 0.29) is 5.41 Å². The van der Waals surface area contributed by atoms with E-state index < -0.39 is 0 Å².